The zero-order chi connectivity index (χ0) is 28.4. The molecule has 0 radical (unpaired) electrons. The number of Topliss-reactive ketones (excluding diaryl/α,β-unsaturated/α-hetero) is 2. The molecule has 0 saturated carbocycles. The molecule has 1 aromatic rings. The van der Waals surface area contributed by atoms with Crippen LogP contribution in [-0.4, -0.2) is 94.4 Å². The number of carbonyl (C=O) groups excluding carboxylic acids is 3. The molecule has 15 heteroatoms. The fraction of sp³-hybridized carbons (Fsp3) is 0.409. The number of hydrogen-bond donors (Lipinski definition) is 9. The first-order valence-electron chi connectivity index (χ1n) is 10.8. The van der Waals surface area contributed by atoms with Crippen LogP contribution in [0.2, 0.25) is 0 Å². The molecule has 1 aromatic carbocycles. The van der Waals surface area contributed by atoms with Gasteiger partial charge in [0.15, 0.2) is 11.4 Å². The van der Waals surface area contributed by atoms with Gasteiger partial charge in [0.25, 0.3) is 5.91 Å². The maximum atomic E-state index is 13.3. The number of carbonyl (C=O) groups is 3. The molecule has 0 heterocycles. The van der Waals surface area contributed by atoms with Crippen molar-refractivity contribution in [3.8, 4) is 5.75 Å². The van der Waals surface area contributed by atoms with Crippen LogP contribution >= 0.6 is 7.82 Å². The van der Waals surface area contributed by atoms with Gasteiger partial charge in [-0.3, -0.25) is 19.3 Å². The van der Waals surface area contributed by atoms with E-state index in [9.17, 15) is 39.9 Å². The third-order valence-electron chi connectivity index (χ3n) is 7.00. The lowest BCUT2D eigenvalue weighted by atomic mass is 9.55. The molecule has 3 aliphatic carbocycles. The molecule has 0 bridgehead atoms. The van der Waals surface area contributed by atoms with Crippen LogP contribution in [0, 0.1) is 11.8 Å². The normalized spacial score (nSPS) is 31.3. The Morgan fingerprint density at radius 2 is 1.65 bits per heavy atom. The largest absolute Gasteiger partial charge is 0.510 e. The molecule has 0 saturated heterocycles. The predicted molar refractivity (Wildman–Crippen MR) is 124 cm³/mol. The van der Waals surface area contributed by atoms with E-state index in [-0.39, 0.29) is 11.3 Å². The Labute approximate surface area is 209 Å². The van der Waals surface area contributed by atoms with Crippen LogP contribution in [0.1, 0.15) is 28.8 Å². The third kappa shape index (κ3) is 4.36. The molecule has 0 spiro atoms. The molecule has 1 amide bonds. The topological polar surface area (TPSA) is 259 Å². The molecular weight excluding hydrogens is 515 g/mol. The van der Waals surface area contributed by atoms with E-state index >= 15 is 0 Å². The van der Waals surface area contributed by atoms with E-state index in [1.165, 1.54) is 25.1 Å². The number of likely N-dealkylation sites (N-methyl/N-ethyl adjacent to an activating group) is 1. The average Bonchev–Trinajstić information content (AvgIpc) is 2.74. The van der Waals surface area contributed by atoms with Gasteiger partial charge in [-0.15, -0.1) is 0 Å². The first-order chi connectivity index (χ1) is 16.9. The molecule has 0 fully saturated rings. The summed E-state index contributed by atoms with van der Waals surface area (Å²) in [7, 11) is -1.66. The van der Waals surface area contributed by atoms with Crippen molar-refractivity contribution in [2.45, 2.75) is 30.6 Å². The van der Waals surface area contributed by atoms with E-state index in [0.29, 0.717) is 5.56 Å². The summed E-state index contributed by atoms with van der Waals surface area (Å²) in [4.78, 5) is 61.4. The number of ketones is 2. The summed E-state index contributed by atoms with van der Waals surface area (Å²) < 4.78 is 8.88. The molecule has 202 valence electrons. The molecule has 0 aromatic heterocycles. The minimum absolute atomic E-state index is 0.104. The Morgan fingerprint density at radius 1 is 1.11 bits per heavy atom. The Kier molecular flexibility index (Phi) is 7.18. The molecule has 0 aliphatic heterocycles. The van der Waals surface area contributed by atoms with Crippen LogP contribution in [0.15, 0.2) is 40.9 Å². The predicted octanol–water partition coefficient (Wildman–Crippen LogP) is -1.28. The number of phenols is 1. The number of primary amides is 1. The lowest BCUT2D eigenvalue weighted by Gasteiger charge is -2.53. The van der Waals surface area contributed by atoms with Gasteiger partial charge in [0.05, 0.1) is 23.6 Å². The summed E-state index contributed by atoms with van der Waals surface area (Å²) in [6, 6.07) is 3.17. The van der Waals surface area contributed by atoms with Crippen molar-refractivity contribution in [3.05, 3.63) is 52.0 Å². The number of nitrogens with zero attached hydrogens (tertiary/aromatic N) is 1. The second-order valence-corrected chi connectivity index (χ2v) is 10.3. The number of phenolic OH excluding ortho intramolecular Hbond substituents is 1. The first kappa shape index (κ1) is 28.5. The lowest BCUT2D eigenvalue weighted by Crippen LogP contribution is -2.68. The van der Waals surface area contributed by atoms with Crippen molar-refractivity contribution in [1.82, 2.24) is 4.90 Å². The summed E-state index contributed by atoms with van der Waals surface area (Å²) in [6.45, 7) is 1.68. The van der Waals surface area contributed by atoms with Gasteiger partial charge in [0.2, 0.25) is 5.78 Å². The number of amides is 1. The van der Waals surface area contributed by atoms with E-state index in [1.54, 1.807) is 19.1 Å². The highest BCUT2D eigenvalue weighted by Crippen LogP contribution is 2.55. The Balaban J connectivity index is 0.000000695. The van der Waals surface area contributed by atoms with Crippen molar-refractivity contribution in [2.75, 3.05) is 14.1 Å². The Bertz CT molecular complexity index is 1290. The molecule has 14 nitrogen and oxygen atoms in total. The highest BCUT2D eigenvalue weighted by atomic mass is 31.2. The Morgan fingerprint density at radius 3 is 2.14 bits per heavy atom. The van der Waals surface area contributed by atoms with Gasteiger partial charge in [-0.1, -0.05) is 19.1 Å². The van der Waals surface area contributed by atoms with E-state index in [2.05, 4.69) is 0 Å². The van der Waals surface area contributed by atoms with Gasteiger partial charge in [0.1, 0.15) is 22.8 Å². The van der Waals surface area contributed by atoms with E-state index in [1.807, 2.05) is 0 Å². The van der Waals surface area contributed by atoms with E-state index < -0.39 is 83.5 Å². The summed E-state index contributed by atoms with van der Waals surface area (Å²) in [5.74, 6) is -8.86. The monoisotopic (exact) mass is 542 g/mol. The average molecular weight is 542 g/mol. The van der Waals surface area contributed by atoms with Crippen LogP contribution in [-0.2, 0) is 14.2 Å². The molecule has 3 aliphatic rings. The highest BCUT2D eigenvalue weighted by Gasteiger charge is 2.67. The summed E-state index contributed by atoms with van der Waals surface area (Å²) in [5.41, 5.74) is 1.36. The maximum absolute atomic E-state index is 13.3. The Hall–Kier alpha value is -3.10. The molecule has 4 rings (SSSR count). The van der Waals surface area contributed by atoms with Crippen molar-refractivity contribution in [2.24, 2.45) is 17.6 Å². The highest BCUT2D eigenvalue weighted by molar-refractivity contribution is 7.45. The minimum Gasteiger partial charge on any atom is -0.510 e. The fourth-order valence-electron chi connectivity index (χ4n) is 5.58. The van der Waals surface area contributed by atoms with Crippen LogP contribution in [0.5, 0.6) is 5.75 Å². The number of aromatic hydroxyl groups is 1. The number of fused-ring (bicyclic) bond motifs is 3. The summed E-state index contributed by atoms with van der Waals surface area (Å²) in [5, 5.41) is 55.0. The van der Waals surface area contributed by atoms with E-state index in [4.69, 9.17) is 25.0 Å². The standard InChI is InChI=1S/C22H24N2O8.H3O4P/c1-7-8-5-4-6-9(25)11(8)16(26)12-10(7)17(27)14-15(24(2)3)18(28)13(21(23)31)20(30)22(14,32)19(12)29;1-5(2,3)4/h4-7,10,14-15,17,25,27-29,32H,1-3H3,(H2,23,31);(H3,1,2,3,4)/t7-,10+,14-,15-,17-,22-;/m0./s1. The summed E-state index contributed by atoms with van der Waals surface area (Å²) in [6.07, 6.45) is -1.59. The van der Waals surface area contributed by atoms with Gasteiger partial charge in [-0.2, -0.15) is 0 Å². The molecule has 37 heavy (non-hydrogen) atoms. The minimum atomic E-state index is -4.64. The number of aliphatic hydroxyl groups is 4. The first-order valence-corrected chi connectivity index (χ1v) is 12.4. The van der Waals surface area contributed by atoms with Crippen molar-refractivity contribution >= 4 is 25.3 Å². The second kappa shape index (κ2) is 9.33. The van der Waals surface area contributed by atoms with Gasteiger partial charge >= 0.3 is 7.82 Å². The SMILES string of the molecule is C[C@H]1c2cccc(O)c2C(=O)C2=C(O)[C@]3(O)C(=O)C(C(N)=O)=C(O)[C@@H](N(C)C)[C@H]3[C@@H](O)[C@@H]21.O=P(O)(O)O. The van der Waals surface area contributed by atoms with E-state index in [0.717, 1.165) is 0 Å². The maximum Gasteiger partial charge on any atom is 0.466 e. The fourth-order valence-corrected chi connectivity index (χ4v) is 5.58. The van der Waals surface area contributed by atoms with Gasteiger partial charge in [-0.05, 0) is 31.6 Å². The molecule has 10 N–H and O–H groups in total. The van der Waals surface area contributed by atoms with Gasteiger partial charge in [0, 0.05) is 11.5 Å². The number of nitrogens with two attached hydrogens (primary N) is 1. The van der Waals surface area contributed by atoms with Crippen LogP contribution < -0.4 is 5.73 Å². The number of hydrogen-bond acceptors (Lipinski definition) is 10. The van der Waals surface area contributed by atoms with Crippen molar-refractivity contribution < 1.29 is 59.2 Å². The van der Waals surface area contributed by atoms with Gasteiger partial charge in [-0.25, -0.2) is 4.57 Å². The molecule has 0 unspecified atom stereocenters. The number of aliphatic hydroxyl groups excluding tert-OH is 3. The van der Waals surface area contributed by atoms with Crippen LogP contribution in [0.4, 0.5) is 0 Å². The molecular formula is C22H27N2O12P. The van der Waals surface area contributed by atoms with Crippen LogP contribution in [0.3, 0.4) is 0 Å². The zero-order valence-corrected chi connectivity index (χ0v) is 20.7. The van der Waals surface area contributed by atoms with Crippen molar-refractivity contribution in [1.29, 1.82) is 0 Å². The lowest BCUT2D eigenvalue weighted by molar-refractivity contribution is -0.162. The third-order valence-corrected chi connectivity index (χ3v) is 7.00. The zero-order valence-electron chi connectivity index (χ0n) is 19.8. The quantitative estimate of drug-likeness (QED) is 0.156. The van der Waals surface area contributed by atoms with Crippen LogP contribution in [0.25, 0.3) is 0 Å². The smallest absolute Gasteiger partial charge is 0.466 e. The number of rotatable bonds is 2. The second-order valence-electron chi connectivity index (χ2n) is 9.31. The molecule has 6 atom stereocenters. The summed E-state index contributed by atoms with van der Waals surface area (Å²) >= 11 is 0. The number of phosphoric acid groups is 1. The number of benzene rings is 1. The van der Waals surface area contributed by atoms with Gasteiger partial charge < -0.3 is 45.9 Å². The van der Waals surface area contributed by atoms with Crippen molar-refractivity contribution in [3.63, 3.8) is 0 Å².